The van der Waals surface area contributed by atoms with E-state index in [9.17, 15) is 14.4 Å². The summed E-state index contributed by atoms with van der Waals surface area (Å²) < 4.78 is 5.27. The number of hydrazine groups is 1. The van der Waals surface area contributed by atoms with Crippen LogP contribution in [0.15, 0.2) is 30.3 Å². The second kappa shape index (κ2) is 8.17. The van der Waals surface area contributed by atoms with Gasteiger partial charge in [-0.2, -0.15) is 0 Å². The van der Waals surface area contributed by atoms with Crippen molar-refractivity contribution in [2.45, 2.75) is 26.4 Å². The molecule has 1 fully saturated rings. The minimum absolute atomic E-state index is 0.208. The first-order valence-electron chi connectivity index (χ1n) is 7.58. The summed E-state index contributed by atoms with van der Waals surface area (Å²) in [7, 11) is 0. The van der Waals surface area contributed by atoms with Gasteiger partial charge >= 0.3 is 6.09 Å². The molecular weight excluding hydrogens is 298 g/mol. The second-order valence-electron chi connectivity index (χ2n) is 5.47. The standard InChI is InChI=1S/C16H21N3O4/c1-12(20)17-18-15(21)14-7-9-19(10-8-14)16(22)23-11-13-5-3-2-4-6-13/h2-6,14H,7-11H2,1H3,(H,17,20)(H,18,21). The number of hydrogen-bond donors (Lipinski definition) is 2. The van der Waals surface area contributed by atoms with Crippen LogP contribution in [-0.2, 0) is 20.9 Å². The fourth-order valence-electron chi connectivity index (χ4n) is 2.39. The van der Waals surface area contributed by atoms with Crippen LogP contribution in [0.4, 0.5) is 4.79 Å². The molecule has 0 spiro atoms. The topological polar surface area (TPSA) is 87.7 Å². The van der Waals surface area contributed by atoms with Gasteiger partial charge in [-0.3, -0.25) is 20.4 Å². The predicted molar refractivity (Wildman–Crippen MR) is 82.9 cm³/mol. The van der Waals surface area contributed by atoms with E-state index in [1.807, 2.05) is 30.3 Å². The zero-order valence-corrected chi connectivity index (χ0v) is 13.1. The molecule has 0 aromatic heterocycles. The third kappa shape index (κ3) is 5.28. The molecule has 0 bridgehead atoms. The molecule has 1 aromatic carbocycles. The largest absolute Gasteiger partial charge is 0.445 e. The number of ether oxygens (including phenoxy) is 1. The maximum absolute atomic E-state index is 12.0. The lowest BCUT2D eigenvalue weighted by Gasteiger charge is -2.30. The summed E-state index contributed by atoms with van der Waals surface area (Å²) >= 11 is 0. The Hall–Kier alpha value is -2.57. The fourth-order valence-corrected chi connectivity index (χ4v) is 2.39. The van der Waals surface area contributed by atoms with Crippen LogP contribution < -0.4 is 10.9 Å². The third-order valence-corrected chi connectivity index (χ3v) is 3.69. The molecule has 2 rings (SSSR count). The number of benzene rings is 1. The van der Waals surface area contributed by atoms with Gasteiger partial charge in [-0.05, 0) is 18.4 Å². The number of rotatable bonds is 3. The first kappa shape index (κ1) is 16.8. The normalized spacial score (nSPS) is 14.9. The van der Waals surface area contributed by atoms with Gasteiger partial charge in [-0.15, -0.1) is 0 Å². The van der Waals surface area contributed by atoms with E-state index >= 15 is 0 Å². The van der Waals surface area contributed by atoms with Gasteiger partial charge in [-0.25, -0.2) is 4.79 Å². The Morgan fingerprint density at radius 2 is 1.78 bits per heavy atom. The monoisotopic (exact) mass is 319 g/mol. The average Bonchev–Trinajstić information content (AvgIpc) is 2.58. The van der Waals surface area contributed by atoms with Gasteiger partial charge in [0.2, 0.25) is 11.8 Å². The highest BCUT2D eigenvalue weighted by atomic mass is 16.6. The van der Waals surface area contributed by atoms with Crippen LogP contribution in [0, 0.1) is 5.92 Å². The Kier molecular flexibility index (Phi) is 5.96. The van der Waals surface area contributed by atoms with Gasteiger partial charge < -0.3 is 9.64 Å². The quantitative estimate of drug-likeness (QED) is 0.820. The van der Waals surface area contributed by atoms with E-state index in [0.29, 0.717) is 25.9 Å². The summed E-state index contributed by atoms with van der Waals surface area (Å²) in [4.78, 5) is 36.2. The zero-order chi connectivity index (χ0) is 16.7. The predicted octanol–water partition coefficient (Wildman–Crippen LogP) is 1.20. The van der Waals surface area contributed by atoms with Crippen molar-refractivity contribution in [3.05, 3.63) is 35.9 Å². The Morgan fingerprint density at radius 3 is 2.39 bits per heavy atom. The summed E-state index contributed by atoms with van der Waals surface area (Å²) in [5.41, 5.74) is 5.58. The number of nitrogens with zero attached hydrogens (tertiary/aromatic N) is 1. The summed E-state index contributed by atoms with van der Waals surface area (Å²) in [6.07, 6.45) is 0.729. The number of carbonyl (C=O) groups excluding carboxylic acids is 3. The number of piperidine rings is 1. The minimum atomic E-state index is -0.366. The van der Waals surface area contributed by atoms with Crippen LogP contribution in [0.5, 0.6) is 0 Å². The molecule has 1 aliphatic rings. The summed E-state index contributed by atoms with van der Waals surface area (Å²) in [6.45, 7) is 2.49. The van der Waals surface area contributed by atoms with Gasteiger partial charge in [-0.1, -0.05) is 30.3 Å². The minimum Gasteiger partial charge on any atom is -0.445 e. The SMILES string of the molecule is CC(=O)NNC(=O)C1CCN(C(=O)OCc2ccccc2)CC1. The average molecular weight is 319 g/mol. The molecule has 2 N–H and O–H groups in total. The lowest BCUT2D eigenvalue weighted by atomic mass is 9.96. The lowest BCUT2D eigenvalue weighted by Crippen LogP contribution is -2.47. The highest BCUT2D eigenvalue weighted by Gasteiger charge is 2.28. The molecule has 1 aromatic rings. The Bertz CT molecular complexity index is 554. The summed E-state index contributed by atoms with van der Waals surface area (Å²) in [5.74, 6) is -0.752. The van der Waals surface area contributed by atoms with Crippen molar-refractivity contribution in [1.29, 1.82) is 0 Å². The molecule has 0 atom stereocenters. The Labute approximate surface area is 135 Å². The van der Waals surface area contributed by atoms with E-state index in [1.54, 1.807) is 4.90 Å². The van der Waals surface area contributed by atoms with Crippen molar-refractivity contribution in [1.82, 2.24) is 15.8 Å². The number of likely N-dealkylation sites (tertiary alicyclic amines) is 1. The van der Waals surface area contributed by atoms with E-state index in [1.165, 1.54) is 6.92 Å². The van der Waals surface area contributed by atoms with Crippen LogP contribution in [0.3, 0.4) is 0 Å². The van der Waals surface area contributed by atoms with Crippen LogP contribution in [-0.4, -0.2) is 35.9 Å². The Balaban J connectivity index is 1.72. The number of carbonyl (C=O) groups is 3. The van der Waals surface area contributed by atoms with E-state index in [0.717, 1.165) is 5.56 Å². The molecule has 0 saturated carbocycles. The van der Waals surface area contributed by atoms with Crippen LogP contribution in [0.2, 0.25) is 0 Å². The van der Waals surface area contributed by atoms with E-state index in [4.69, 9.17) is 4.74 Å². The molecular formula is C16H21N3O4. The molecule has 1 heterocycles. The van der Waals surface area contributed by atoms with Crippen molar-refractivity contribution in [3.8, 4) is 0 Å². The summed E-state index contributed by atoms with van der Waals surface area (Å²) in [5, 5.41) is 0. The molecule has 3 amide bonds. The van der Waals surface area contributed by atoms with Crippen molar-refractivity contribution < 1.29 is 19.1 Å². The zero-order valence-electron chi connectivity index (χ0n) is 13.1. The molecule has 0 aliphatic carbocycles. The van der Waals surface area contributed by atoms with Crippen molar-refractivity contribution >= 4 is 17.9 Å². The molecule has 7 nitrogen and oxygen atoms in total. The lowest BCUT2D eigenvalue weighted by molar-refractivity contribution is -0.131. The second-order valence-corrected chi connectivity index (χ2v) is 5.47. The van der Waals surface area contributed by atoms with Gasteiger partial charge in [0, 0.05) is 25.9 Å². The van der Waals surface area contributed by atoms with Crippen molar-refractivity contribution in [2.75, 3.05) is 13.1 Å². The maximum Gasteiger partial charge on any atom is 0.410 e. The van der Waals surface area contributed by atoms with Crippen LogP contribution in [0.1, 0.15) is 25.3 Å². The molecule has 0 radical (unpaired) electrons. The van der Waals surface area contributed by atoms with Gasteiger partial charge in [0.25, 0.3) is 0 Å². The van der Waals surface area contributed by atoms with Crippen LogP contribution >= 0.6 is 0 Å². The van der Waals surface area contributed by atoms with Gasteiger partial charge in [0.15, 0.2) is 0 Å². The first-order chi connectivity index (χ1) is 11.1. The molecule has 124 valence electrons. The molecule has 1 aliphatic heterocycles. The van der Waals surface area contributed by atoms with E-state index in [2.05, 4.69) is 10.9 Å². The number of amides is 3. The van der Waals surface area contributed by atoms with Gasteiger partial charge in [0.05, 0.1) is 0 Å². The van der Waals surface area contributed by atoms with Crippen molar-refractivity contribution in [3.63, 3.8) is 0 Å². The number of hydrogen-bond acceptors (Lipinski definition) is 4. The maximum atomic E-state index is 12.0. The molecule has 7 heteroatoms. The van der Waals surface area contributed by atoms with Gasteiger partial charge in [0.1, 0.15) is 6.61 Å². The Morgan fingerprint density at radius 1 is 1.13 bits per heavy atom. The smallest absolute Gasteiger partial charge is 0.410 e. The fraction of sp³-hybridized carbons (Fsp3) is 0.438. The van der Waals surface area contributed by atoms with E-state index < -0.39 is 0 Å². The number of nitrogens with one attached hydrogen (secondary N) is 2. The molecule has 0 unspecified atom stereocenters. The first-order valence-corrected chi connectivity index (χ1v) is 7.58. The highest BCUT2D eigenvalue weighted by molar-refractivity contribution is 5.82. The third-order valence-electron chi connectivity index (χ3n) is 3.69. The molecule has 23 heavy (non-hydrogen) atoms. The van der Waals surface area contributed by atoms with Crippen molar-refractivity contribution in [2.24, 2.45) is 5.92 Å². The summed E-state index contributed by atoms with van der Waals surface area (Å²) in [6, 6.07) is 9.48. The highest BCUT2D eigenvalue weighted by Crippen LogP contribution is 2.18. The molecule has 1 saturated heterocycles. The van der Waals surface area contributed by atoms with Crippen LogP contribution in [0.25, 0.3) is 0 Å². The van der Waals surface area contributed by atoms with E-state index in [-0.39, 0.29) is 30.4 Å².